The SMILES string of the molecule is CN(C)c1ccc(C(=O)OCCCCCCO)cc1. The largest absolute Gasteiger partial charge is 0.462 e. The van der Waals surface area contributed by atoms with Crippen molar-refractivity contribution in [2.24, 2.45) is 0 Å². The van der Waals surface area contributed by atoms with E-state index in [-0.39, 0.29) is 12.6 Å². The van der Waals surface area contributed by atoms with Crippen LogP contribution in [-0.4, -0.2) is 38.4 Å². The predicted octanol–water partition coefficient (Wildman–Crippen LogP) is 2.46. The second kappa shape index (κ2) is 8.53. The van der Waals surface area contributed by atoms with E-state index < -0.39 is 0 Å². The van der Waals surface area contributed by atoms with Gasteiger partial charge in [0.25, 0.3) is 0 Å². The van der Waals surface area contributed by atoms with Gasteiger partial charge >= 0.3 is 5.97 Å². The number of unbranched alkanes of at least 4 members (excludes halogenated alkanes) is 3. The molecule has 4 nitrogen and oxygen atoms in total. The number of benzene rings is 1. The fourth-order valence-corrected chi connectivity index (χ4v) is 1.71. The lowest BCUT2D eigenvalue weighted by Gasteiger charge is -2.12. The third kappa shape index (κ3) is 5.75. The van der Waals surface area contributed by atoms with Gasteiger partial charge in [-0.25, -0.2) is 4.79 Å². The molecular formula is C15H23NO3. The number of hydrogen-bond acceptors (Lipinski definition) is 4. The monoisotopic (exact) mass is 265 g/mol. The van der Waals surface area contributed by atoms with Crippen molar-refractivity contribution in [3.63, 3.8) is 0 Å². The molecule has 0 unspecified atom stereocenters. The number of nitrogens with zero attached hydrogens (tertiary/aromatic N) is 1. The van der Waals surface area contributed by atoms with Crippen molar-refractivity contribution < 1.29 is 14.6 Å². The molecule has 0 bridgehead atoms. The summed E-state index contributed by atoms with van der Waals surface area (Å²) in [6, 6.07) is 7.36. The van der Waals surface area contributed by atoms with E-state index in [1.807, 2.05) is 31.1 Å². The quantitative estimate of drug-likeness (QED) is 0.579. The highest BCUT2D eigenvalue weighted by atomic mass is 16.5. The molecule has 0 aliphatic carbocycles. The molecule has 1 N–H and O–H groups in total. The molecule has 106 valence electrons. The van der Waals surface area contributed by atoms with Crippen molar-refractivity contribution in [2.75, 3.05) is 32.2 Å². The fourth-order valence-electron chi connectivity index (χ4n) is 1.71. The summed E-state index contributed by atoms with van der Waals surface area (Å²) >= 11 is 0. The molecule has 1 aromatic rings. The molecule has 0 heterocycles. The van der Waals surface area contributed by atoms with Crippen LogP contribution in [0.15, 0.2) is 24.3 Å². The van der Waals surface area contributed by atoms with E-state index in [4.69, 9.17) is 9.84 Å². The summed E-state index contributed by atoms with van der Waals surface area (Å²) in [5.74, 6) is -0.271. The van der Waals surface area contributed by atoms with E-state index in [1.54, 1.807) is 12.1 Å². The molecule has 0 saturated heterocycles. The van der Waals surface area contributed by atoms with E-state index in [0.29, 0.717) is 12.2 Å². The Morgan fingerprint density at radius 3 is 2.32 bits per heavy atom. The first-order chi connectivity index (χ1) is 9.15. The maximum absolute atomic E-state index is 11.7. The molecule has 0 spiro atoms. The van der Waals surface area contributed by atoms with Crippen LogP contribution in [0.4, 0.5) is 5.69 Å². The molecule has 0 atom stereocenters. The van der Waals surface area contributed by atoms with Crippen molar-refractivity contribution >= 4 is 11.7 Å². The summed E-state index contributed by atoms with van der Waals surface area (Å²) in [6.45, 7) is 0.678. The molecule has 0 saturated carbocycles. The number of carbonyl (C=O) groups excluding carboxylic acids is 1. The van der Waals surface area contributed by atoms with E-state index in [9.17, 15) is 4.79 Å². The van der Waals surface area contributed by atoms with E-state index >= 15 is 0 Å². The smallest absolute Gasteiger partial charge is 0.338 e. The van der Waals surface area contributed by atoms with Crippen LogP contribution in [0.1, 0.15) is 36.0 Å². The first-order valence-electron chi connectivity index (χ1n) is 6.70. The third-order valence-corrected chi connectivity index (χ3v) is 2.91. The Labute approximate surface area is 115 Å². The zero-order chi connectivity index (χ0) is 14.1. The van der Waals surface area contributed by atoms with Crippen LogP contribution in [0, 0.1) is 0 Å². The number of carbonyl (C=O) groups is 1. The first kappa shape index (κ1) is 15.5. The van der Waals surface area contributed by atoms with Gasteiger partial charge < -0.3 is 14.7 Å². The first-order valence-corrected chi connectivity index (χ1v) is 6.70. The van der Waals surface area contributed by atoms with Gasteiger partial charge in [0.05, 0.1) is 12.2 Å². The fraction of sp³-hybridized carbons (Fsp3) is 0.533. The van der Waals surface area contributed by atoms with Crippen molar-refractivity contribution in [3.05, 3.63) is 29.8 Å². The average Bonchev–Trinajstić information content (AvgIpc) is 2.42. The molecule has 0 aliphatic rings. The molecule has 1 aromatic carbocycles. The lowest BCUT2D eigenvalue weighted by atomic mass is 10.2. The van der Waals surface area contributed by atoms with Crippen LogP contribution in [0.2, 0.25) is 0 Å². The second-order valence-corrected chi connectivity index (χ2v) is 4.72. The van der Waals surface area contributed by atoms with Crippen LogP contribution in [0.3, 0.4) is 0 Å². The maximum atomic E-state index is 11.7. The maximum Gasteiger partial charge on any atom is 0.338 e. The molecule has 0 fully saturated rings. The Bertz CT molecular complexity index is 373. The van der Waals surface area contributed by atoms with Gasteiger partial charge in [-0.1, -0.05) is 6.42 Å². The summed E-state index contributed by atoms with van der Waals surface area (Å²) in [5.41, 5.74) is 1.64. The lowest BCUT2D eigenvalue weighted by molar-refractivity contribution is 0.0497. The number of hydrogen-bond donors (Lipinski definition) is 1. The summed E-state index contributed by atoms with van der Waals surface area (Å²) < 4.78 is 5.19. The van der Waals surface area contributed by atoms with Gasteiger partial charge in [-0.05, 0) is 43.5 Å². The molecule has 1 rings (SSSR count). The average molecular weight is 265 g/mol. The number of ether oxygens (including phenoxy) is 1. The molecule has 0 amide bonds. The van der Waals surface area contributed by atoms with Gasteiger partial charge in [-0.2, -0.15) is 0 Å². The number of esters is 1. The lowest BCUT2D eigenvalue weighted by Crippen LogP contribution is -2.10. The highest BCUT2D eigenvalue weighted by molar-refractivity contribution is 5.89. The van der Waals surface area contributed by atoms with Gasteiger partial charge in [0.1, 0.15) is 0 Å². The van der Waals surface area contributed by atoms with Gasteiger partial charge in [0.15, 0.2) is 0 Å². The van der Waals surface area contributed by atoms with Gasteiger partial charge in [-0.3, -0.25) is 0 Å². The van der Waals surface area contributed by atoms with Crippen LogP contribution in [0.5, 0.6) is 0 Å². The standard InChI is InChI=1S/C15H23NO3/c1-16(2)14-9-7-13(8-10-14)15(18)19-12-6-4-3-5-11-17/h7-10,17H,3-6,11-12H2,1-2H3. The van der Waals surface area contributed by atoms with Crippen LogP contribution in [-0.2, 0) is 4.74 Å². The summed E-state index contributed by atoms with van der Waals surface area (Å²) in [4.78, 5) is 13.7. The second-order valence-electron chi connectivity index (χ2n) is 4.72. The van der Waals surface area contributed by atoms with Crippen molar-refractivity contribution in [3.8, 4) is 0 Å². The molecule has 19 heavy (non-hydrogen) atoms. The third-order valence-electron chi connectivity index (χ3n) is 2.91. The van der Waals surface area contributed by atoms with Gasteiger partial charge in [0, 0.05) is 26.4 Å². The highest BCUT2D eigenvalue weighted by Crippen LogP contribution is 2.13. The summed E-state index contributed by atoms with van der Waals surface area (Å²) in [6.07, 6.45) is 3.63. The highest BCUT2D eigenvalue weighted by Gasteiger charge is 2.06. The number of aliphatic hydroxyl groups is 1. The van der Waals surface area contributed by atoms with E-state index in [0.717, 1.165) is 31.4 Å². The summed E-state index contributed by atoms with van der Waals surface area (Å²) in [7, 11) is 3.92. The minimum Gasteiger partial charge on any atom is -0.462 e. The Hall–Kier alpha value is -1.55. The number of anilines is 1. The molecule has 4 heteroatoms. The molecule has 0 radical (unpaired) electrons. The van der Waals surface area contributed by atoms with Crippen molar-refractivity contribution in [1.82, 2.24) is 0 Å². The van der Waals surface area contributed by atoms with Crippen LogP contribution >= 0.6 is 0 Å². The molecular weight excluding hydrogens is 242 g/mol. The number of aliphatic hydroxyl groups excluding tert-OH is 1. The Balaban J connectivity index is 2.29. The van der Waals surface area contributed by atoms with Crippen molar-refractivity contribution in [2.45, 2.75) is 25.7 Å². The van der Waals surface area contributed by atoms with Crippen LogP contribution in [0.25, 0.3) is 0 Å². The topological polar surface area (TPSA) is 49.8 Å². The Morgan fingerprint density at radius 2 is 1.74 bits per heavy atom. The van der Waals surface area contributed by atoms with E-state index in [2.05, 4.69) is 0 Å². The molecule has 0 aliphatic heterocycles. The summed E-state index contributed by atoms with van der Waals surface area (Å²) in [5, 5.41) is 8.63. The Kier molecular flexibility index (Phi) is 6.97. The minimum absolute atomic E-state index is 0.234. The normalized spacial score (nSPS) is 10.3. The van der Waals surface area contributed by atoms with Crippen LogP contribution < -0.4 is 4.90 Å². The molecule has 0 aromatic heterocycles. The zero-order valence-electron chi connectivity index (χ0n) is 11.8. The van der Waals surface area contributed by atoms with Gasteiger partial charge in [0.2, 0.25) is 0 Å². The zero-order valence-corrected chi connectivity index (χ0v) is 11.8. The minimum atomic E-state index is -0.271. The Morgan fingerprint density at radius 1 is 1.11 bits per heavy atom. The van der Waals surface area contributed by atoms with Crippen molar-refractivity contribution in [1.29, 1.82) is 0 Å². The van der Waals surface area contributed by atoms with Gasteiger partial charge in [-0.15, -0.1) is 0 Å². The number of rotatable bonds is 8. The predicted molar refractivity (Wildman–Crippen MR) is 76.6 cm³/mol. The van der Waals surface area contributed by atoms with E-state index in [1.165, 1.54) is 0 Å².